The molecule has 3 heterocycles. The van der Waals surface area contributed by atoms with Crippen LogP contribution in [0.15, 0.2) is 12.3 Å². The van der Waals surface area contributed by atoms with Crippen molar-refractivity contribution in [2.75, 3.05) is 18.0 Å². The summed E-state index contributed by atoms with van der Waals surface area (Å²) in [4.78, 5) is 26.3. The molecular formula is C20H30N4O2. The number of piperazine rings is 1. The molecule has 2 aliphatic heterocycles. The van der Waals surface area contributed by atoms with E-state index in [4.69, 9.17) is 0 Å². The minimum atomic E-state index is -0.266. The van der Waals surface area contributed by atoms with E-state index in [9.17, 15) is 9.90 Å². The van der Waals surface area contributed by atoms with Crippen molar-refractivity contribution in [2.24, 2.45) is 11.3 Å². The number of hydrogen-bond donors (Lipinski definition) is 1. The van der Waals surface area contributed by atoms with Gasteiger partial charge in [0.25, 0.3) is 0 Å². The molecule has 1 N–H and O–H groups in total. The lowest BCUT2D eigenvalue weighted by Crippen LogP contribution is -2.63. The summed E-state index contributed by atoms with van der Waals surface area (Å²) in [6.07, 6.45) is 6.32. The predicted octanol–water partition coefficient (Wildman–Crippen LogP) is 2.15. The van der Waals surface area contributed by atoms with E-state index in [2.05, 4.69) is 33.6 Å². The number of amides is 1. The van der Waals surface area contributed by atoms with Crippen LogP contribution in [0.1, 0.15) is 51.8 Å². The van der Waals surface area contributed by atoms with E-state index in [1.165, 1.54) is 6.42 Å². The summed E-state index contributed by atoms with van der Waals surface area (Å²) in [7, 11) is 0. The first-order valence-corrected chi connectivity index (χ1v) is 9.90. The molecule has 26 heavy (non-hydrogen) atoms. The standard InChI is InChI=1S/C20H30N4O2/c1-13-21-8-7-18(22-13)24-15-5-4-6-16(24)12-23(11-15)19(26)10-14-9-17(25)20(14,2)3/h7-8,14-17,25H,4-6,9-12H2,1-3H3. The number of fused-ring (bicyclic) bond motifs is 2. The first-order valence-electron chi connectivity index (χ1n) is 9.90. The van der Waals surface area contributed by atoms with Crippen LogP contribution in [0.25, 0.3) is 0 Å². The molecule has 1 amide bonds. The van der Waals surface area contributed by atoms with E-state index < -0.39 is 0 Å². The fourth-order valence-electron chi connectivity index (χ4n) is 4.95. The van der Waals surface area contributed by atoms with Gasteiger partial charge in [-0.05, 0) is 50.0 Å². The van der Waals surface area contributed by atoms with Gasteiger partial charge in [-0.3, -0.25) is 4.79 Å². The fourth-order valence-corrected chi connectivity index (χ4v) is 4.95. The van der Waals surface area contributed by atoms with Gasteiger partial charge in [-0.2, -0.15) is 0 Å². The van der Waals surface area contributed by atoms with Crippen LogP contribution in [0.4, 0.5) is 5.82 Å². The van der Waals surface area contributed by atoms with Gasteiger partial charge in [0.15, 0.2) is 0 Å². The number of likely N-dealkylation sites (tertiary alicyclic amines) is 1. The largest absolute Gasteiger partial charge is 0.393 e. The van der Waals surface area contributed by atoms with E-state index in [0.717, 1.165) is 44.0 Å². The molecule has 2 saturated heterocycles. The highest BCUT2D eigenvalue weighted by Gasteiger charge is 2.49. The van der Waals surface area contributed by atoms with E-state index in [1.807, 2.05) is 19.2 Å². The molecule has 1 aromatic heterocycles. The molecule has 2 bridgehead atoms. The summed E-state index contributed by atoms with van der Waals surface area (Å²) >= 11 is 0. The van der Waals surface area contributed by atoms with Crippen molar-refractivity contribution < 1.29 is 9.90 Å². The molecule has 0 radical (unpaired) electrons. The van der Waals surface area contributed by atoms with E-state index in [0.29, 0.717) is 24.4 Å². The normalized spacial score (nSPS) is 32.9. The smallest absolute Gasteiger partial charge is 0.223 e. The van der Waals surface area contributed by atoms with Crippen molar-refractivity contribution >= 4 is 11.7 Å². The molecule has 0 aromatic carbocycles. The average Bonchev–Trinajstić information content (AvgIpc) is 2.60. The Bertz CT molecular complexity index is 678. The zero-order valence-corrected chi connectivity index (χ0v) is 16.1. The molecule has 1 aliphatic carbocycles. The Kier molecular flexibility index (Phi) is 4.41. The van der Waals surface area contributed by atoms with Crippen LogP contribution < -0.4 is 4.90 Å². The molecule has 6 nitrogen and oxygen atoms in total. The van der Waals surface area contributed by atoms with Crippen molar-refractivity contribution in [1.29, 1.82) is 0 Å². The van der Waals surface area contributed by atoms with Gasteiger partial charge in [-0.15, -0.1) is 0 Å². The zero-order valence-electron chi connectivity index (χ0n) is 16.1. The summed E-state index contributed by atoms with van der Waals surface area (Å²) in [6, 6.07) is 2.69. The summed E-state index contributed by atoms with van der Waals surface area (Å²) in [5.41, 5.74) is -0.133. The van der Waals surface area contributed by atoms with Crippen LogP contribution in [0, 0.1) is 18.3 Å². The minimum Gasteiger partial charge on any atom is -0.393 e. The molecule has 3 fully saturated rings. The second-order valence-corrected chi connectivity index (χ2v) is 8.88. The zero-order chi connectivity index (χ0) is 18.5. The molecule has 6 heteroatoms. The van der Waals surface area contributed by atoms with Gasteiger partial charge in [0.05, 0.1) is 6.10 Å². The van der Waals surface area contributed by atoms with E-state index in [1.54, 1.807) is 0 Å². The lowest BCUT2D eigenvalue weighted by atomic mass is 9.59. The number of carbonyl (C=O) groups excluding carboxylic acids is 1. The van der Waals surface area contributed by atoms with Crippen LogP contribution in [-0.4, -0.2) is 57.2 Å². The number of aryl methyl sites for hydroxylation is 1. The third-order valence-electron chi connectivity index (χ3n) is 6.94. The number of aliphatic hydroxyl groups is 1. The SMILES string of the molecule is Cc1nccc(N2C3CCCC2CN(C(=O)CC2CC(O)C2(C)C)C3)n1. The molecule has 0 spiro atoms. The maximum atomic E-state index is 12.9. The van der Waals surface area contributed by atoms with Crippen LogP contribution in [-0.2, 0) is 4.79 Å². The monoisotopic (exact) mass is 358 g/mol. The second-order valence-electron chi connectivity index (χ2n) is 8.88. The number of hydrogen-bond acceptors (Lipinski definition) is 5. The highest BCUT2D eigenvalue weighted by Crippen LogP contribution is 2.48. The van der Waals surface area contributed by atoms with Crippen molar-refractivity contribution in [3.63, 3.8) is 0 Å². The number of rotatable bonds is 3. The van der Waals surface area contributed by atoms with E-state index in [-0.39, 0.29) is 17.4 Å². The number of anilines is 1. The van der Waals surface area contributed by atoms with Crippen LogP contribution in [0.3, 0.4) is 0 Å². The minimum absolute atomic E-state index is 0.133. The van der Waals surface area contributed by atoms with Crippen molar-refractivity contribution in [3.8, 4) is 0 Å². The van der Waals surface area contributed by atoms with Crippen molar-refractivity contribution in [2.45, 2.75) is 71.1 Å². The van der Waals surface area contributed by atoms with Crippen LogP contribution >= 0.6 is 0 Å². The third kappa shape index (κ3) is 2.98. The maximum Gasteiger partial charge on any atom is 0.223 e. The number of nitrogens with zero attached hydrogens (tertiary/aromatic N) is 4. The number of piperidine rings is 1. The number of carbonyl (C=O) groups is 1. The Morgan fingerprint density at radius 3 is 2.58 bits per heavy atom. The van der Waals surface area contributed by atoms with Gasteiger partial charge in [0.1, 0.15) is 11.6 Å². The maximum absolute atomic E-state index is 12.9. The Hall–Kier alpha value is -1.69. The van der Waals surface area contributed by atoms with Gasteiger partial charge in [-0.1, -0.05) is 13.8 Å². The Morgan fingerprint density at radius 2 is 2.00 bits per heavy atom. The van der Waals surface area contributed by atoms with Gasteiger partial charge >= 0.3 is 0 Å². The van der Waals surface area contributed by atoms with Crippen molar-refractivity contribution in [1.82, 2.24) is 14.9 Å². The summed E-state index contributed by atoms with van der Waals surface area (Å²) in [5, 5.41) is 9.94. The quantitative estimate of drug-likeness (QED) is 0.897. The topological polar surface area (TPSA) is 69.6 Å². The molecule has 142 valence electrons. The van der Waals surface area contributed by atoms with Crippen molar-refractivity contribution in [3.05, 3.63) is 18.1 Å². The summed E-state index contributed by atoms with van der Waals surface area (Å²) in [6.45, 7) is 7.64. The van der Waals surface area contributed by atoms with E-state index >= 15 is 0 Å². The first kappa shape index (κ1) is 17.7. The first-order chi connectivity index (χ1) is 12.4. The molecular weight excluding hydrogens is 328 g/mol. The lowest BCUT2D eigenvalue weighted by molar-refractivity contribution is -0.144. The average molecular weight is 358 g/mol. The fraction of sp³-hybridized carbons (Fsp3) is 0.750. The van der Waals surface area contributed by atoms with Gasteiger partial charge in [0.2, 0.25) is 5.91 Å². The number of aromatic nitrogens is 2. The molecule has 3 aliphatic rings. The van der Waals surface area contributed by atoms with Crippen LogP contribution in [0.5, 0.6) is 0 Å². The highest BCUT2D eigenvalue weighted by molar-refractivity contribution is 5.77. The highest BCUT2D eigenvalue weighted by atomic mass is 16.3. The van der Waals surface area contributed by atoms with Crippen LogP contribution in [0.2, 0.25) is 0 Å². The lowest BCUT2D eigenvalue weighted by Gasteiger charge is -2.52. The number of aliphatic hydroxyl groups excluding tert-OH is 1. The van der Waals surface area contributed by atoms with Gasteiger partial charge < -0.3 is 14.9 Å². The molecule has 4 unspecified atom stereocenters. The summed E-state index contributed by atoms with van der Waals surface area (Å²) < 4.78 is 0. The third-order valence-corrected chi connectivity index (χ3v) is 6.94. The molecule has 1 saturated carbocycles. The Labute approximate surface area is 155 Å². The Morgan fingerprint density at radius 1 is 1.31 bits per heavy atom. The summed E-state index contributed by atoms with van der Waals surface area (Å²) in [5.74, 6) is 2.35. The second kappa shape index (κ2) is 6.48. The van der Waals surface area contributed by atoms with Gasteiger partial charge in [-0.25, -0.2) is 9.97 Å². The predicted molar refractivity (Wildman–Crippen MR) is 99.8 cm³/mol. The molecule has 4 atom stereocenters. The van der Waals surface area contributed by atoms with Gasteiger partial charge in [0, 0.05) is 37.8 Å². The Balaban J connectivity index is 1.45. The molecule has 1 aromatic rings. The molecule has 4 rings (SSSR count).